The number of unbranched alkanes of at least 4 members (excludes halogenated alkanes) is 1. The summed E-state index contributed by atoms with van der Waals surface area (Å²) in [5.41, 5.74) is 23.6. The van der Waals surface area contributed by atoms with Gasteiger partial charge in [0.2, 0.25) is 17.6 Å². The van der Waals surface area contributed by atoms with E-state index in [1.54, 1.807) is 56.6 Å². The number of allylic oxidation sites excluding steroid dienone is 6. The summed E-state index contributed by atoms with van der Waals surface area (Å²) < 4.78 is 71.9. The first-order valence-electron chi connectivity index (χ1n) is 43.5. The SMILES string of the molecule is CO[C@H]1C[C@@H]2CC[C@@H](C)[C@@](O)(O2)C(=O)C(=O)N2CCCC[C@H]2C(=O)O[C@H]([C@H](N)C[C@@H]2CC[C@H](n3cc(COC(=O)NCCOCCOCCOCCC(=O)NCCOCCOCCOCCC(=O)NCCCCn4nc(-c5ccc6oc(N)nc6c5)c5c(N)ncnc54)nn3)[C@H](OC)C2)CC(=O)[C@H](C)/C=C(\C)[C@@H](O)[C@@H](O)C(=O)[C@H](C)C[C@H](C)/C=C/C=C/C=C/1C. The van der Waals surface area contributed by atoms with E-state index in [-0.39, 0.29) is 139 Å². The van der Waals surface area contributed by atoms with Gasteiger partial charge in [-0.15, -0.1) is 5.10 Å². The van der Waals surface area contributed by atoms with E-state index in [0.717, 1.165) is 22.5 Å². The number of aliphatic hydroxyl groups is 3. The van der Waals surface area contributed by atoms with Crippen molar-refractivity contribution in [3.05, 3.63) is 84.0 Å². The number of piperidine rings is 1. The highest BCUT2D eigenvalue weighted by atomic mass is 16.6. The summed E-state index contributed by atoms with van der Waals surface area (Å²) >= 11 is 0. The third-order valence-corrected chi connectivity index (χ3v) is 23.1. The van der Waals surface area contributed by atoms with E-state index in [0.29, 0.717) is 150 Å². The minimum absolute atomic E-state index is 0.00274. The number of Topliss-reactive ketones (excluding diaryl/α,β-unsaturated/α-hetero) is 3. The maximum atomic E-state index is 14.7. The number of methoxy groups -OCH3 is 2. The zero-order valence-electron chi connectivity index (χ0n) is 73.2. The number of carbonyl (C=O) groups is 8. The van der Waals surface area contributed by atoms with Crippen LogP contribution in [0.15, 0.2) is 82.7 Å². The second-order valence-electron chi connectivity index (χ2n) is 32.6. The Labute approximate surface area is 728 Å². The summed E-state index contributed by atoms with van der Waals surface area (Å²) in [6, 6.07) is 3.01. The number of oxazole rings is 1. The molecule has 15 atom stereocenters. The standard InChI is InChI=1S/C87H129N15O23/c1-54-16-10-9-11-17-55(2)70(114-7)49-63-22-19-59(6)87(113,125-63)80(109)83(110)100-30-14-12-18-67(100)84(111)123-71(50-68(103)56(3)45-58(5)78(107)79(108)77(106)57(4)44-54)64(88)46-60-20-23-66(72(47-60)115-8)102-51-62(97-99-102)52-122-86(112)93-29-35-119-39-43-121-41-37-117-33-26-74(105)92-28-34-118-38-42-120-40-36-116-32-25-73(104)91-27-13-15-31-101-82-75(81(89)94-53-95-82)76(98-101)61-21-24-69-65(48-61)96-85(90)124-69/h9-11,16-17,21,24,45,48,51,53-54,56-57,59-60,63-64,66-67,70-72,78-79,107-108,113H,12-15,18-20,22-23,25-44,46-47,49-50,52,88H2,1-8H3,(H2,90,96)(H,91,104)(H,92,105)(H,93,112)(H2,89,94,95)/b11-9+,16-10+,55-17+,58-45+/t54-,56-,57-,59-,60+,63+,64-,66+,67+,70+,71+,72-,78-,79+,87-/m1/s1. The molecule has 4 aliphatic rings. The highest BCUT2D eigenvalue weighted by molar-refractivity contribution is 6.39. The summed E-state index contributed by atoms with van der Waals surface area (Å²) in [5.74, 6) is -9.25. The second-order valence-corrected chi connectivity index (χ2v) is 32.6. The number of ether oxygens (including phenoxy) is 11. The fourth-order valence-electron chi connectivity index (χ4n) is 15.9. The highest BCUT2D eigenvalue weighted by Gasteiger charge is 2.53. The van der Waals surface area contributed by atoms with Gasteiger partial charge in [0.05, 0.1) is 115 Å². The Bertz CT molecular complexity index is 4440. The molecule has 125 heavy (non-hydrogen) atoms. The molecule has 690 valence electrons. The second kappa shape index (κ2) is 50.8. The van der Waals surface area contributed by atoms with Crippen LogP contribution in [-0.4, -0.2) is 281 Å². The van der Waals surface area contributed by atoms with Gasteiger partial charge >= 0.3 is 12.1 Å². The Balaban J connectivity index is 0.610. The van der Waals surface area contributed by atoms with Gasteiger partial charge in [0.15, 0.2) is 17.0 Å². The molecule has 3 aliphatic heterocycles. The topological polar surface area (TPSA) is 517 Å². The number of benzene rings is 1. The molecular formula is C87H129N15O23. The van der Waals surface area contributed by atoms with Gasteiger partial charge in [0.25, 0.3) is 17.7 Å². The monoisotopic (exact) mass is 1750 g/mol. The van der Waals surface area contributed by atoms with E-state index in [1.807, 2.05) is 56.4 Å². The van der Waals surface area contributed by atoms with Gasteiger partial charge in [0, 0.05) is 102 Å². The van der Waals surface area contributed by atoms with Crippen molar-refractivity contribution in [3.63, 3.8) is 0 Å². The third-order valence-electron chi connectivity index (χ3n) is 23.1. The molecule has 4 aromatic heterocycles. The maximum Gasteiger partial charge on any atom is 0.407 e. The number of aliphatic hydroxyl groups excluding tert-OH is 2. The molecule has 9 rings (SSSR count). The molecule has 2 saturated heterocycles. The van der Waals surface area contributed by atoms with Crippen molar-refractivity contribution in [2.24, 2.45) is 35.3 Å². The van der Waals surface area contributed by atoms with Gasteiger partial charge in [-0.1, -0.05) is 69.4 Å². The molecule has 3 fully saturated rings. The maximum absolute atomic E-state index is 14.7. The van der Waals surface area contributed by atoms with Gasteiger partial charge < -0.3 is 110 Å². The van der Waals surface area contributed by atoms with Crippen LogP contribution < -0.4 is 33.2 Å². The number of cyclic esters (lactones) is 1. The molecule has 5 aromatic rings. The van der Waals surface area contributed by atoms with Gasteiger partial charge in [-0.3, -0.25) is 28.8 Å². The molecule has 0 unspecified atom stereocenters. The zero-order valence-corrected chi connectivity index (χ0v) is 73.2. The highest BCUT2D eigenvalue weighted by Crippen LogP contribution is 2.40. The van der Waals surface area contributed by atoms with Crippen molar-refractivity contribution in [3.8, 4) is 11.3 Å². The quantitative estimate of drug-likeness (QED) is 0.0100. The summed E-state index contributed by atoms with van der Waals surface area (Å²) in [7, 11) is 3.12. The van der Waals surface area contributed by atoms with Crippen molar-refractivity contribution in [1.29, 1.82) is 0 Å². The average molecular weight is 1750 g/mol. The number of esters is 1. The van der Waals surface area contributed by atoms with E-state index in [2.05, 4.69) is 41.2 Å². The van der Waals surface area contributed by atoms with Gasteiger partial charge in [-0.2, -0.15) is 10.1 Å². The van der Waals surface area contributed by atoms with E-state index < -0.39 is 114 Å². The predicted molar refractivity (Wildman–Crippen MR) is 457 cm³/mol. The number of fused-ring (bicyclic) bond motifs is 5. The van der Waals surface area contributed by atoms with E-state index in [9.17, 15) is 53.7 Å². The van der Waals surface area contributed by atoms with E-state index >= 15 is 0 Å². The summed E-state index contributed by atoms with van der Waals surface area (Å²) in [6.07, 6.45) is 12.7. The molecule has 38 heteroatoms. The number of aromatic nitrogens is 8. The molecule has 7 heterocycles. The lowest BCUT2D eigenvalue weighted by Gasteiger charge is -2.42. The lowest BCUT2D eigenvalue weighted by Crippen LogP contribution is -2.61. The fourth-order valence-corrected chi connectivity index (χ4v) is 15.9. The predicted octanol–water partition coefficient (Wildman–Crippen LogP) is 5.62. The third kappa shape index (κ3) is 30.1. The Kier molecular flexibility index (Phi) is 40.4. The number of ketones is 3. The first-order chi connectivity index (χ1) is 60.2. The Morgan fingerprint density at radius 3 is 2.11 bits per heavy atom. The van der Waals surface area contributed by atoms with Crippen LogP contribution >= 0.6 is 0 Å². The van der Waals surface area contributed by atoms with Crippen LogP contribution in [0.4, 0.5) is 16.6 Å². The largest absolute Gasteiger partial charge is 0.459 e. The van der Waals surface area contributed by atoms with Crippen LogP contribution in [0, 0.1) is 29.6 Å². The van der Waals surface area contributed by atoms with Gasteiger partial charge in [0.1, 0.15) is 65.8 Å². The van der Waals surface area contributed by atoms with Crippen molar-refractivity contribution in [1.82, 2.24) is 60.6 Å². The molecule has 1 saturated carbocycles. The van der Waals surface area contributed by atoms with Crippen LogP contribution in [0.5, 0.6) is 0 Å². The number of hydrogen-bond donors (Lipinski definition) is 9. The molecule has 38 nitrogen and oxygen atoms in total. The first-order valence-corrected chi connectivity index (χ1v) is 43.5. The van der Waals surface area contributed by atoms with Crippen molar-refractivity contribution in [2.75, 3.05) is 131 Å². The molecule has 4 amide bonds. The minimum atomic E-state index is -2.51. The Hall–Kier alpha value is -9.42. The lowest BCUT2D eigenvalue weighted by atomic mass is 9.79. The number of nitrogens with one attached hydrogen (secondary N) is 3. The number of aryl methyl sites for hydroxylation is 1. The number of rotatable bonds is 38. The smallest absolute Gasteiger partial charge is 0.407 e. The summed E-state index contributed by atoms with van der Waals surface area (Å²) in [4.78, 5) is 123. The number of alkyl carbamates (subject to hydrolysis) is 1. The molecular weight excluding hydrogens is 1620 g/mol. The number of amides is 4. The lowest BCUT2D eigenvalue weighted by molar-refractivity contribution is -0.265. The number of nitrogens with two attached hydrogens (primary N) is 3. The van der Waals surface area contributed by atoms with Crippen LogP contribution in [-0.2, 0) is 98.8 Å². The molecule has 0 spiro atoms. The molecule has 1 aromatic carbocycles. The zero-order chi connectivity index (χ0) is 90.0. The minimum Gasteiger partial charge on any atom is -0.459 e. The van der Waals surface area contributed by atoms with Crippen molar-refractivity contribution < 1.29 is 110 Å². The van der Waals surface area contributed by atoms with Gasteiger partial charge in [-0.25, -0.2) is 28.9 Å². The van der Waals surface area contributed by atoms with Crippen LogP contribution in [0.3, 0.4) is 0 Å². The fraction of sp³-hybridized carbons (Fsp3) is 0.655. The van der Waals surface area contributed by atoms with Crippen LogP contribution in [0.2, 0.25) is 0 Å². The first kappa shape index (κ1) is 99.4. The summed E-state index contributed by atoms with van der Waals surface area (Å²) in [6.45, 7) is 15.0. The van der Waals surface area contributed by atoms with Gasteiger partial charge in [-0.05, 0) is 132 Å². The van der Waals surface area contributed by atoms with Crippen LogP contribution in [0.25, 0.3) is 33.4 Å². The molecule has 1 aliphatic carbocycles. The number of hydrogen-bond acceptors (Lipinski definition) is 32. The van der Waals surface area contributed by atoms with Crippen LogP contribution in [0.1, 0.15) is 156 Å². The molecule has 12 N–H and O–H groups in total. The molecule has 0 radical (unpaired) electrons. The summed E-state index contributed by atoms with van der Waals surface area (Å²) in [5, 5.41) is 57.0. The number of nitrogens with zero attached hydrogens (tertiary/aromatic N) is 9. The number of nitrogen functional groups attached to an aromatic ring is 2. The normalized spacial score (nSPS) is 26.6. The van der Waals surface area contributed by atoms with E-state index in [4.69, 9.17) is 78.8 Å². The Morgan fingerprint density at radius 1 is 0.736 bits per heavy atom. The van der Waals surface area contributed by atoms with Crippen molar-refractivity contribution in [2.45, 2.75) is 218 Å². The Morgan fingerprint density at radius 2 is 1.42 bits per heavy atom. The average Bonchev–Trinajstić information content (AvgIpc) is 1.76. The van der Waals surface area contributed by atoms with Crippen molar-refractivity contribution >= 4 is 81.1 Å². The number of carbonyl (C=O) groups excluding carboxylic acids is 8. The number of anilines is 2. The molecule has 2 bridgehead atoms. The van der Waals surface area contributed by atoms with E-state index in [1.165, 1.54) is 19.3 Å².